The van der Waals surface area contributed by atoms with Crippen LogP contribution in [0.4, 0.5) is 5.69 Å². The largest absolute Gasteiger partial charge is 0.481 e. The van der Waals surface area contributed by atoms with E-state index < -0.39 is 11.9 Å². The summed E-state index contributed by atoms with van der Waals surface area (Å²) in [4.78, 5) is 25.0. The Bertz CT molecular complexity index is 491. The fraction of sp³-hybridized carbons (Fsp3) is 0.467. The number of nitrogens with one attached hydrogen (secondary N) is 1. The monoisotopic (exact) mass is 276 g/mol. The van der Waals surface area contributed by atoms with E-state index in [0.29, 0.717) is 13.0 Å². The van der Waals surface area contributed by atoms with Gasteiger partial charge >= 0.3 is 5.97 Å². The van der Waals surface area contributed by atoms with Gasteiger partial charge in [-0.05, 0) is 18.6 Å². The van der Waals surface area contributed by atoms with E-state index in [1.807, 2.05) is 31.2 Å². The summed E-state index contributed by atoms with van der Waals surface area (Å²) in [5.74, 6) is -1.46. The van der Waals surface area contributed by atoms with Crippen LogP contribution in [0.3, 0.4) is 0 Å². The SMILES string of the molecule is CCN(CC(C)C(=O)O)C(=O)C1Cc2ccccc2N1. The van der Waals surface area contributed by atoms with Crippen molar-refractivity contribution < 1.29 is 14.7 Å². The van der Waals surface area contributed by atoms with Crippen molar-refractivity contribution in [3.05, 3.63) is 29.8 Å². The first-order chi connectivity index (χ1) is 9.52. The van der Waals surface area contributed by atoms with Crippen LogP contribution in [-0.4, -0.2) is 41.0 Å². The number of nitrogens with zero attached hydrogens (tertiary/aromatic N) is 1. The number of carboxylic acids is 1. The number of benzene rings is 1. The molecule has 1 aliphatic rings. The Balaban J connectivity index is 2.02. The van der Waals surface area contributed by atoms with Crippen LogP contribution in [0.1, 0.15) is 19.4 Å². The van der Waals surface area contributed by atoms with Crippen LogP contribution >= 0.6 is 0 Å². The van der Waals surface area contributed by atoms with Gasteiger partial charge in [-0.3, -0.25) is 9.59 Å². The summed E-state index contributed by atoms with van der Waals surface area (Å²) in [6, 6.07) is 7.57. The molecule has 2 unspecified atom stereocenters. The van der Waals surface area contributed by atoms with Gasteiger partial charge in [-0.15, -0.1) is 0 Å². The highest BCUT2D eigenvalue weighted by Gasteiger charge is 2.30. The topological polar surface area (TPSA) is 69.6 Å². The van der Waals surface area contributed by atoms with Crippen molar-refractivity contribution in [2.45, 2.75) is 26.3 Å². The minimum Gasteiger partial charge on any atom is -0.481 e. The smallest absolute Gasteiger partial charge is 0.308 e. The van der Waals surface area contributed by atoms with Crippen LogP contribution in [-0.2, 0) is 16.0 Å². The zero-order valence-electron chi connectivity index (χ0n) is 11.8. The fourth-order valence-electron chi connectivity index (χ4n) is 2.45. The number of carbonyl (C=O) groups excluding carboxylic acids is 1. The zero-order valence-corrected chi connectivity index (χ0v) is 11.8. The third kappa shape index (κ3) is 2.92. The van der Waals surface area contributed by atoms with E-state index in [9.17, 15) is 9.59 Å². The van der Waals surface area contributed by atoms with E-state index in [2.05, 4.69) is 5.32 Å². The van der Waals surface area contributed by atoms with Gasteiger partial charge in [0.15, 0.2) is 0 Å². The molecule has 1 aromatic carbocycles. The van der Waals surface area contributed by atoms with Gasteiger partial charge in [0, 0.05) is 25.2 Å². The molecule has 0 bridgehead atoms. The van der Waals surface area contributed by atoms with Gasteiger partial charge in [0.2, 0.25) is 5.91 Å². The van der Waals surface area contributed by atoms with Crippen molar-refractivity contribution in [2.24, 2.45) is 5.92 Å². The van der Waals surface area contributed by atoms with Crippen LogP contribution in [0.15, 0.2) is 24.3 Å². The Kier molecular flexibility index (Phi) is 4.27. The lowest BCUT2D eigenvalue weighted by Crippen LogP contribution is -2.44. The molecule has 108 valence electrons. The van der Waals surface area contributed by atoms with Crippen LogP contribution in [0.2, 0.25) is 0 Å². The summed E-state index contributed by atoms with van der Waals surface area (Å²) in [5.41, 5.74) is 2.13. The lowest BCUT2D eigenvalue weighted by molar-refractivity contribution is -0.143. The van der Waals surface area contributed by atoms with Gasteiger partial charge in [-0.1, -0.05) is 25.1 Å². The Morgan fingerprint density at radius 2 is 2.15 bits per heavy atom. The molecule has 2 atom stereocenters. The molecule has 1 aliphatic heterocycles. The molecule has 2 N–H and O–H groups in total. The van der Waals surface area contributed by atoms with Crippen LogP contribution < -0.4 is 5.32 Å². The third-order valence-electron chi connectivity index (χ3n) is 3.68. The second-order valence-corrected chi connectivity index (χ2v) is 5.17. The van der Waals surface area contributed by atoms with Crippen LogP contribution in [0, 0.1) is 5.92 Å². The second-order valence-electron chi connectivity index (χ2n) is 5.17. The molecule has 20 heavy (non-hydrogen) atoms. The van der Waals surface area contributed by atoms with E-state index in [1.54, 1.807) is 11.8 Å². The molecule has 5 nitrogen and oxygen atoms in total. The fourth-order valence-corrected chi connectivity index (χ4v) is 2.45. The van der Waals surface area contributed by atoms with E-state index in [0.717, 1.165) is 11.3 Å². The maximum atomic E-state index is 12.5. The molecule has 1 heterocycles. The van der Waals surface area contributed by atoms with Gasteiger partial charge in [0.25, 0.3) is 0 Å². The molecule has 0 saturated carbocycles. The van der Waals surface area contributed by atoms with Gasteiger partial charge < -0.3 is 15.3 Å². The molecular formula is C15H20N2O3. The number of fused-ring (bicyclic) bond motifs is 1. The third-order valence-corrected chi connectivity index (χ3v) is 3.68. The number of carbonyl (C=O) groups is 2. The zero-order chi connectivity index (χ0) is 14.7. The van der Waals surface area contributed by atoms with Gasteiger partial charge in [0.1, 0.15) is 6.04 Å². The number of anilines is 1. The van der Waals surface area contributed by atoms with Crippen LogP contribution in [0.5, 0.6) is 0 Å². The number of para-hydroxylation sites is 1. The standard InChI is InChI=1S/C15H20N2O3/c1-3-17(9-10(2)15(19)20)14(18)13-8-11-6-4-5-7-12(11)16-13/h4-7,10,13,16H,3,8-9H2,1-2H3,(H,19,20). The first-order valence-electron chi connectivity index (χ1n) is 6.89. The van der Waals surface area contributed by atoms with Crippen molar-refractivity contribution in [1.29, 1.82) is 0 Å². The summed E-state index contributed by atoms with van der Waals surface area (Å²) in [7, 11) is 0. The number of hydrogen-bond donors (Lipinski definition) is 2. The highest BCUT2D eigenvalue weighted by Crippen LogP contribution is 2.26. The number of hydrogen-bond acceptors (Lipinski definition) is 3. The van der Waals surface area contributed by atoms with E-state index in [-0.39, 0.29) is 18.5 Å². The number of aliphatic carboxylic acids is 1. The number of likely N-dealkylation sites (N-methyl/N-ethyl adjacent to an activating group) is 1. The highest BCUT2D eigenvalue weighted by atomic mass is 16.4. The predicted molar refractivity (Wildman–Crippen MR) is 76.6 cm³/mol. The van der Waals surface area contributed by atoms with Crippen molar-refractivity contribution in [3.8, 4) is 0 Å². The Morgan fingerprint density at radius 1 is 1.45 bits per heavy atom. The maximum Gasteiger partial charge on any atom is 0.308 e. The maximum absolute atomic E-state index is 12.5. The predicted octanol–water partition coefficient (Wildman–Crippen LogP) is 1.59. The lowest BCUT2D eigenvalue weighted by atomic mass is 10.1. The molecule has 0 aliphatic carbocycles. The van der Waals surface area contributed by atoms with E-state index in [4.69, 9.17) is 5.11 Å². The van der Waals surface area contributed by atoms with Crippen molar-refractivity contribution in [1.82, 2.24) is 4.90 Å². The summed E-state index contributed by atoms with van der Waals surface area (Å²) in [5, 5.41) is 12.2. The van der Waals surface area contributed by atoms with Crippen LogP contribution in [0.25, 0.3) is 0 Å². The molecule has 0 spiro atoms. The summed E-state index contributed by atoms with van der Waals surface area (Å²) >= 11 is 0. The summed E-state index contributed by atoms with van der Waals surface area (Å²) in [6.07, 6.45) is 0.660. The minimum absolute atomic E-state index is 0.0307. The van der Waals surface area contributed by atoms with Crippen molar-refractivity contribution >= 4 is 17.6 Å². The normalized spacial score (nSPS) is 18.0. The van der Waals surface area contributed by atoms with Gasteiger partial charge in [0.05, 0.1) is 5.92 Å². The summed E-state index contributed by atoms with van der Waals surface area (Å²) < 4.78 is 0. The average Bonchev–Trinajstić information content (AvgIpc) is 2.87. The first kappa shape index (κ1) is 14.4. The number of amides is 1. The molecule has 0 aromatic heterocycles. The van der Waals surface area contributed by atoms with Gasteiger partial charge in [-0.25, -0.2) is 0 Å². The molecular weight excluding hydrogens is 256 g/mol. The van der Waals surface area contributed by atoms with E-state index >= 15 is 0 Å². The molecule has 0 radical (unpaired) electrons. The van der Waals surface area contributed by atoms with Crippen molar-refractivity contribution in [2.75, 3.05) is 18.4 Å². The Morgan fingerprint density at radius 3 is 2.75 bits per heavy atom. The lowest BCUT2D eigenvalue weighted by Gasteiger charge is -2.26. The quantitative estimate of drug-likeness (QED) is 0.857. The molecule has 1 amide bonds. The molecule has 0 fully saturated rings. The molecule has 1 aromatic rings. The molecule has 5 heteroatoms. The highest BCUT2D eigenvalue weighted by molar-refractivity contribution is 5.87. The average molecular weight is 276 g/mol. The minimum atomic E-state index is -0.876. The van der Waals surface area contributed by atoms with Gasteiger partial charge in [-0.2, -0.15) is 0 Å². The van der Waals surface area contributed by atoms with Crippen molar-refractivity contribution in [3.63, 3.8) is 0 Å². The molecule has 0 saturated heterocycles. The number of rotatable bonds is 5. The summed E-state index contributed by atoms with van der Waals surface area (Å²) in [6.45, 7) is 4.26. The molecule has 2 rings (SSSR count). The number of carboxylic acid groups (broad SMARTS) is 1. The first-order valence-corrected chi connectivity index (χ1v) is 6.89. The Hall–Kier alpha value is -2.04. The second kappa shape index (κ2) is 5.94. The van der Waals surface area contributed by atoms with E-state index in [1.165, 1.54) is 0 Å². The Labute approximate surface area is 118 Å².